The normalized spacial score (nSPS) is 11.6. The number of halogens is 2. The van der Waals surface area contributed by atoms with Crippen LogP contribution in [0.25, 0.3) is 0 Å². The van der Waals surface area contributed by atoms with Crippen molar-refractivity contribution in [2.24, 2.45) is 10.4 Å². The summed E-state index contributed by atoms with van der Waals surface area (Å²) in [5, 5.41) is 7.41. The lowest BCUT2D eigenvalue weighted by Gasteiger charge is -2.26. The van der Waals surface area contributed by atoms with Gasteiger partial charge in [0.15, 0.2) is 5.96 Å². The molecule has 0 saturated carbocycles. The Bertz CT molecular complexity index is 627. The number of likely N-dealkylation sites (N-methyl/N-ethyl adjacent to an activating group) is 1. The molecule has 0 radical (unpaired) electrons. The van der Waals surface area contributed by atoms with Crippen LogP contribution in [-0.2, 0) is 9.53 Å². The zero-order valence-electron chi connectivity index (χ0n) is 18.0. The maximum atomic E-state index is 11.9. The molecule has 9 heteroatoms. The third kappa shape index (κ3) is 13.3. The highest BCUT2D eigenvalue weighted by atomic mass is 127. The number of ether oxygens (including phenoxy) is 1. The van der Waals surface area contributed by atoms with E-state index < -0.39 is 0 Å². The minimum absolute atomic E-state index is 0. The summed E-state index contributed by atoms with van der Waals surface area (Å²) in [6, 6.07) is 7.80. The highest BCUT2D eigenvalue weighted by molar-refractivity contribution is 14.0. The number of amides is 1. The Labute approximate surface area is 201 Å². The van der Waals surface area contributed by atoms with E-state index in [1.807, 2.05) is 24.3 Å². The van der Waals surface area contributed by atoms with Gasteiger partial charge in [-0.1, -0.05) is 25.4 Å². The first-order valence-electron chi connectivity index (χ1n) is 9.33. The van der Waals surface area contributed by atoms with Crippen molar-refractivity contribution in [2.75, 3.05) is 53.2 Å². The molecule has 0 atom stereocenters. The van der Waals surface area contributed by atoms with Crippen LogP contribution in [0.5, 0.6) is 0 Å². The van der Waals surface area contributed by atoms with Gasteiger partial charge >= 0.3 is 0 Å². The lowest BCUT2D eigenvalue weighted by molar-refractivity contribution is -0.127. The molecule has 0 fully saturated rings. The summed E-state index contributed by atoms with van der Waals surface area (Å²) in [6.07, 6.45) is 0.937. The Morgan fingerprint density at radius 2 is 1.90 bits per heavy atom. The quantitative estimate of drug-likeness (QED) is 0.143. The van der Waals surface area contributed by atoms with Gasteiger partial charge in [0.05, 0.1) is 0 Å². The maximum Gasteiger partial charge on any atom is 0.243 e. The van der Waals surface area contributed by atoms with Crippen LogP contribution in [0.3, 0.4) is 0 Å². The van der Waals surface area contributed by atoms with E-state index >= 15 is 0 Å². The highest BCUT2D eigenvalue weighted by Gasteiger charge is 2.18. The van der Waals surface area contributed by atoms with Crippen molar-refractivity contribution in [3.05, 3.63) is 29.3 Å². The van der Waals surface area contributed by atoms with Crippen LogP contribution < -0.4 is 10.6 Å². The Morgan fingerprint density at radius 1 is 1.24 bits per heavy atom. The zero-order valence-corrected chi connectivity index (χ0v) is 21.9. The summed E-state index contributed by atoms with van der Waals surface area (Å²) in [5.74, 6) is 1.49. The zero-order chi connectivity index (χ0) is 21.0. The molecule has 1 aromatic carbocycles. The standard InChI is InChI=1S/C20H33ClN4O2S.HI/c1-20(2,10-12-27-5)15-24-19(23-14-18(26)25(3)4)22-11-13-28-17-8-6-16(21)7-9-17;/h6-9H,10-15H2,1-5H3,(H2,22,23,24);1H. The Balaban J connectivity index is 0.00000784. The smallest absolute Gasteiger partial charge is 0.243 e. The van der Waals surface area contributed by atoms with Gasteiger partial charge in [0, 0.05) is 56.6 Å². The fraction of sp³-hybridized carbons (Fsp3) is 0.600. The number of thioether (sulfide) groups is 1. The molecule has 6 nitrogen and oxygen atoms in total. The topological polar surface area (TPSA) is 66.0 Å². The van der Waals surface area contributed by atoms with Crippen LogP contribution in [0.1, 0.15) is 20.3 Å². The van der Waals surface area contributed by atoms with Gasteiger partial charge in [0.1, 0.15) is 6.54 Å². The highest BCUT2D eigenvalue weighted by Crippen LogP contribution is 2.20. The first kappa shape index (κ1) is 28.3. The second kappa shape index (κ2) is 15.1. The van der Waals surface area contributed by atoms with Crippen LogP contribution in [-0.4, -0.2) is 70.0 Å². The second-order valence-electron chi connectivity index (χ2n) is 7.44. The summed E-state index contributed by atoms with van der Waals surface area (Å²) >= 11 is 7.66. The summed E-state index contributed by atoms with van der Waals surface area (Å²) < 4.78 is 5.18. The molecule has 1 rings (SSSR count). The Kier molecular flexibility index (Phi) is 14.8. The molecule has 166 valence electrons. The number of guanidine groups is 1. The molecular formula is C20H34ClIN4O2S. The van der Waals surface area contributed by atoms with Crippen LogP contribution in [0.15, 0.2) is 34.2 Å². The second-order valence-corrected chi connectivity index (χ2v) is 9.05. The van der Waals surface area contributed by atoms with Crippen LogP contribution in [0.4, 0.5) is 0 Å². The van der Waals surface area contributed by atoms with Gasteiger partial charge in [-0.25, -0.2) is 4.99 Å². The van der Waals surface area contributed by atoms with Crippen molar-refractivity contribution >= 4 is 59.2 Å². The number of benzene rings is 1. The number of methoxy groups -OCH3 is 1. The molecule has 1 aromatic rings. The van der Waals surface area contributed by atoms with Crippen molar-refractivity contribution in [3.63, 3.8) is 0 Å². The largest absolute Gasteiger partial charge is 0.385 e. The van der Waals surface area contributed by atoms with Crippen molar-refractivity contribution in [2.45, 2.75) is 25.2 Å². The fourth-order valence-electron chi connectivity index (χ4n) is 2.12. The van der Waals surface area contributed by atoms with Gasteiger partial charge in [0.2, 0.25) is 5.91 Å². The summed E-state index contributed by atoms with van der Waals surface area (Å²) in [4.78, 5) is 19.0. The van der Waals surface area contributed by atoms with Crippen molar-refractivity contribution < 1.29 is 9.53 Å². The molecule has 0 heterocycles. The van der Waals surface area contributed by atoms with Gasteiger partial charge in [-0.2, -0.15) is 0 Å². The molecule has 0 aliphatic heterocycles. The molecule has 1 amide bonds. The van der Waals surface area contributed by atoms with Crippen LogP contribution >= 0.6 is 47.3 Å². The predicted octanol–water partition coefficient (Wildman–Crippen LogP) is 3.74. The van der Waals surface area contributed by atoms with E-state index in [1.165, 1.54) is 4.90 Å². The number of aliphatic imine (C=N–C) groups is 1. The molecule has 2 N–H and O–H groups in total. The molecule has 0 aliphatic rings. The van der Waals surface area contributed by atoms with Crippen LogP contribution in [0.2, 0.25) is 5.02 Å². The first-order valence-corrected chi connectivity index (χ1v) is 10.7. The molecule has 0 saturated heterocycles. The van der Waals surface area contributed by atoms with Crippen molar-refractivity contribution in [1.82, 2.24) is 15.5 Å². The number of rotatable bonds is 11. The number of nitrogens with one attached hydrogen (secondary N) is 2. The Hall–Kier alpha value is -0.710. The number of carbonyl (C=O) groups excluding carboxylic acids is 1. The van der Waals surface area contributed by atoms with E-state index in [0.717, 1.165) is 30.3 Å². The van der Waals surface area contributed by atoms with E-state index in [9.17, 15) is 4.79 Å². The van der Waals surface area contributed by atoms with Crippen molar-refractivity contribution in [3.8, 4) is 0 Å². The predicted molar refractivity (Wildman–Crippen MR) is 135 cm³/mol. The number of hydrogen-bond donors (Lipinski definition) is 2. The van der Waals surface area contributed by atoms with E-state index in [1.54, 1.807) is 37.9 Å². The van der Waals surface area contributed by atoms with Gasteiger partial charge < -0.3 is 20.3 Å². The monoisotopic (exact) mass is 556 g/mol. The summed E-state index contributed by atoms with van der Waals surface area (Å²) in [7, 11) is 5.17. The SMILES string of the molecule is COCCC(C)(C)CNC(=NCC(=O)N(C)C)NCCSc1ccc(Cl)cc1.I. The molecule has 0 bridgehead atoms. The van der Waals surface area contributed by atoms with E-state index in [4.69, 9.17) is 16.3 Å². The molecule has 0 unspecified atom stereocenters. The summed E-state index contributed by atoms with van der Waals surface area (Å²) in [6.45, 7) is 6.66. The molecular weight excluding hydrogens is 523 g/mol. The van der Waals surface area contributed by atoms with Gasteiger partial charge in [-0.15, -0.1) is 35.7 Å². The average molecular weight is 557 g/mol. The third-order valence-electron chi connectivity index (χ3n) is 4.07. The van der Waals surface area contributed by atoms with Crippen molar-refractivity contribution in [1.29, 1.82) is 0 Å². The maximum absolute atomic E-state index is 11.9. The van der Waals surface area contributed by atoms with E-state index in [-0.39, 0.29) is 41.8 Å². The van der Waals surface area contributed by atoms with E-state index in [0.29, 0.717) is 12.6 Å². The Morgan fingerprint density at radius 3 is 2.48 bits per heavy atom. The fourth-order valence-corrected chi connectivity index (χ4v) is 3.02. The van der Waals surface area contributed by atoms with Crippen LogP contribution in [0, 0.1) is 5.41 Å². The average Bonchev–Trinajstić information content (AvgIpc) is 2.66. The minimum atomic E-state index is -0.0321. The molecule has 0 aliphatic carbocycles. The molecule has 0 aromatic heterocycles. The van der Waals surface area contributed by atoms with E-state index in [2.05, 4.69) is 29.5 Å². The number of hydrogen-bond acceptors (Lipinski definition) is 4. The molecule has 0 spiro atoms. The minimum Gasteiger partial charge on any atom is -0.385 e. The molecule has 29 heavy (non-hydrogen) atoms. The van der Waals surface area contributed by atoms with Gasteiger partial charge in [0.25, 0.3) is 0 Å². The lowest BCUT2D eigenvalue weighted by atomic mass is 9.90. The van der Waals surface area contributed by atoms with Gasteiger partial charge in [-0.3, -0.25) is 4.79 Å². The number of carbonyl (C=O) groups is 1. The summed E-state index contributed by atoms with van der Waals surface area (Å²) in [5.41, 5.74) is 0.0576. The lowest BCUT2D eigenvalue weighted by Crippen LogP contribution is -2.43. The van der Waals surface area contributed by atoms with Gasteiger partial charge in [-0.05, 0) is 36.1 Å². The third-order valence-corrected chi connectivity index (χ3v) is 5.33. The number of nitrogens with zero attached hydrogens (tertiary/aromatic N) is 2. The first-order chi connectivity index (χ1) is 13.2.